The number of aromatic nitrogens is 1. The summed E-state index contributed by atoms with van der Waals surface area (Å²) in [4.78, 5) is 14.3. The van der Waals surface area contributed by atoms with Gasteiger partial charge in [-0.3, -0.25) is 4.79 Å². The smallest absolute Gasteiger partial charge is 0.268 e. The average Bonchev–Trinajstić information content (AvgIpc) is 2.55. The van der Waals surface area contributed by atoms with Crippen LogP contribution in [-0.2, 0) is 11.3 Å². The minimum Gasteiger partial charge on any atom is -0.384 e. The van der Waals surface area contributed by atoms with Crippen LogP contribution in [0.4, 0.5) is 5.82 Å². The number of nitrogen functional groups attached to an aromatic ring is 1. The number of nitriles is 2. The fourth-order valence-corrected chi connectivity index (χ4v) is 2.28. The van der Waals surface area contributed by atoms with E-state index in [-0.39, 0.29) is 22.5 Å². The number of anilines is 1. The summed E-state index contributed by atoms with van der Waals surface area (Å²) in [6.07, 6.45) is 0.918. The molecule has 116 valence electrons. The normalized spacial score (nSPS) is 10.0. The zero-order valence-electron chi connectivity index (χ0n) is 12.7. The van der Waals surface area contributed by atoms with Gasteiger partial charge in [-0.1, -0.05) is 25.1 Å². The van der Waals surface area contributed by atoms with Crippen molar-refractivity contribution in [2.45, 2.75) is 20.0 Å². The summed E-state index contributed by atoms with van der Waals surface area (Å²) in [5.41, 5.74) is 6.82. The first-order valence-corrected chi connectivity index (χ1v) is 7.15. The number of pyridine rings is 1. The van der Waals surface area contributed by atoms with Gasteiger partial charge in [-0.15, -0.1) is 0 Å². The number of hydrogen-bond donors (Lipinski definition) is 2. The summed E-state index contributed by atoms with van der Waals surface area (Å²) in [7, 11) is 0. The number of H-pyrrole nitrogens is 1. The van der Waals surface area contributed by atoms with Crippen molar-refractivity contribution < 1.29 is 4.74 Å². The van der Waals surface area contributed by atoms with Gasteiger partial charge in [0, 0.05) is 12.2 Å². The van der Waals surface area contributed by atoms with E-state index in [1.165, 1.54) is 0 Å². The van der Waals surface area contributed by atoms with Crippen molar-refractivity contribution in [3.63, 3.8) is 0 Å². The number of nitrogens with two attached hydrogens (primary N) is 1. The predicted octanol–water partition coefficient (Wildman–Crippen LogP) is 2.29. The van der Waals surface area contributed by atoms with Gasteiger partial charge in [-0.2, -0.15) is 10.5 Å². The van der Waals surface area contributed by atoms with E-state index in [2.05, 4.69) is 4.98 Å². The number of hydrogen-bond acceptors (Lipinski definition) is 5. The molecule has 2 aromatic rings. The number of ether oxygens (including phenoxy) is 1. The first-order chi connectivity index (χ1) is 11.1. The third kappa shape index (κ3) is 3.39. The maximum Gasteiger partial charge on any atom is 0.268 e. The Bertz CT molecular complexity index is 856. The number of aromatic amines is 1. The number of nitrogens with zero attached hydrogens (tertiary/aromatic N) is 2. The summed E-state index contributed by atoms with van der Waals surface area (Å²) < 4.78 is 5.50. The molecule has 0 fully saturated rings. The van der Waals surface area contributed by atoms with Crippen LogP contribution in [0.25, 0.3) is 11.1 Å². The van der Waals surface area contributed by atoms with E-state index < -0.39 is 5.56 Å². The van der Waals surface area contributed by atoms with Crippen LogP contribution >= 0.6 is 0 Å². The molecule has 0 amide bonds. The average molecular weight is 308 g/mol. The molecule has 0 unspecified atom stereocenters. The molecule has 2 rings (SSSR count). The number of rotatable bonds is 5. The van der Waals surface area contributed by atoms with Gasteiger partial charge in [0.05, 0.1) is 6.61 Å². The SMILES string of the molecule is CCCOCc1cccc(-c2c(C#N)c(N)[nH]c(=O)c2C#N)c1. The Kier molecular flexibility index (Phi) is 5.14. The van der Waals surface area contributed by atoms with Crippen molar-refractivity contribution in [2.24, 2.45) is 0 Å². The van der Waals surface area contributed by atoms with Gasteiger partial charge in [0.1, 0.15) is 29.1 Å². The van der Waals surface area contributed by atoms with Gasteiger partial charge < -0.3 is 15.5 Å². The van der Waals surface area contributed by atoms with Crippen LogP contribution in [0.1, 0.15) is 30.0 Å². The zero-order chi connectivity index (χ0) is 16.8. The Morgan fingerprint density at radius 3 is 2.65 bits per heavy atom. The van der Waals surface area contributed by atoms with Crippen LogP contribution in [0.2, 0.25) is 0 Å². The van der Waals surface area contributed by atoms with E-state index in [1.54, 1.807) is 18.2 Å². The third-order valence-electron chi connectivity index (χ3n) is 3.30. The maximum atomic E-state index is 11.9. The Hall–Kier alpha value is -3.09. The van der Waals surface area contributed by atoms with Gasteiger partial charge in [0.25, 0.3) is 5.56 Å². The standard InChI is InChI=1S/C17H16N4O2/c1-2-6-23-10-11-4-3-5-12(7-11)15-13(8-18)16(20)21-17(22)14(15)9-19/h3-5,7H,2,6,10H2,1H3,(H3,20,21,22). The molecule has 0 bridgehead atoms. The molecule has 0 spiro atoms. The molecule has 1 aromatic heterocycles. The molecule has 0 aliphatic heterocycles. The molecule has 1 heterocycles. The molecule has 6 nitrogen and oxygen atoms in total. The highest BCUT2D eigenvalue weighted by atomic mass is 16.5. The van der Waals surface area contributed by atoms with E-state index >= 15 is 0 Å². The van der Waals surface area contributed by atoms with Crippen LogP contribution in [0, 0.1) is 22.7 Å². The highest BCUT2D eigenvalue weighted by molar-refractivity contribution is 5.80. The van der Waals surface area contributed by atoms with E-state index in [9.17, 15) is 15.3 Å². The fourth-order valence-electron chi connectivity index (χ4n) is 2.28. The molecule has 1 aromatic carbocycles. The Labute approximate surface area is 133 Å². The largest absolute Gasteiger partial charge is 0.384 e. The molecule has 0 saturated heterocycles. The molecular weight excluding hydrogens is 292 g/mol. The van der Waals surface area contributed by atoms with E-state index in [1.807, 2.05) is 25.1 Å². The topological polar surface area (TPSA) is 116 Å². The van der Waals surface area contributed by atoms with Gasteiger partial charge in [0.2, 0.25) is 0 Å². The molecule has 23 heavy (non-hydrogen) atoms. The molecule has 0 aliphatic carbocycles. The van der Waals surface area contributed by atoms with Gasteiger partial charge >= 0.3 is 0 Å². The van der Waals surface area contributed by atoms with Crippen LogP contribution in [-0.4, -0.2) is 11.6 Å². The Balaban J connectivity index is 2.59. The second-order valence-corrected chi connectivity index (χ2v) is 4.97. The van der Waals surface area contributed by atoms with Gasteiger partial charge in [-0.05, 0) is 23.6 Å². The van der Waals surface area contributed by atoms with E-state index in [0.29, 0.717) is 18.8 Å². The van der Waals surface area contributed by atoms with Crippen LogP contribution in [0.3, 0.4) is 0 Å². The minimum absolute atomic E-state index is 0.0425. The lowest BCUT2D eigenvalue weighted by molar-refractivity contribution is 0.121. The number of benzene rings is 1. The van der Waals surface area contributed by atoms with Gasteiger partial charge in [-0.25, -0.2) is 0 Å². The summed E-state index contributed by atoms with van der Waals surface area (Å²) in [5.74, 6) is -0.0425. The summed E-state index contributed by atoms with van der Waals surface area (Å²) in [6, 6.07) is 11.0. The van der Waals surface area contributed by atoms with Crippen molar-refractivity contribution in [1.29, 1.82) is 10.5 Å². The lowest BCUT2D eigenvalue weighted by Gasteiger charge is -2.10. The lowest BCUT2D eigenvalue weighted by atomic mass is 9.95. The molecular formula is C17H16N4O2. The summed E-state index contributed by atoms with van der Waals surface area (Å²) in [6.45, 7) is 3.09. The monoisotopic (exact) mass is 308 g/mol. The quantitative estimate of drug-likeness (QED) is 0.822. The summed E-state index contributed by atoms with van der Waals surface area (Å²) >= 11 is 0. The van der Waals surface area contributed by atoms with Crippen LogP contribution < -0.4 is 11.3 Å². The highest BCUT2D eigenvalue weighted by Gasteiger charge is 2.18. The van der Waals surface area contributed by atoms with Crippen LogP contribution in [0.5, 0.6) is 0 Å². The first kappa shape index (κ1) is 16.3. The van der Waals surface area contributed by atoms with Crippen molar-refractivity contribution in [2.75, 3.05) is 12.3 Å². The second kappa shape index (κ2) is 7.26. The Morgan fingerprint density at radius 2 is 2.00 bits per heavy atom. The third-order valence-corrected chi connectivity index (χ3v) is 3.30. The first-order valence-electron chi connectivity index (χ1n) is 7.15. The van der Waals surface area contributed by atoms with Gasteiger partial charge in [0.15, 0.2) is 0 Å². The molecule has 0 atom stereocenters. The highest BCUT2D eigenvalue weighted by Crippen LogP contribution is 2.28. The van der Waals surface area contributed by atoms with Crippen molar-refractivity contribution in [1.82, 2.24) is 4.98 Å². The molecule has 6 heteroatoms. The second-order valence-electron chi connectivity index (χ2n) is 4.97. The van der Waals surface area contributed by atoms with Crippen molar-refractivity contribution >= 4 is 5.82 Å². The van der Waals surface area contributed by atoms with Crippen LogP contribution in [0.15, 0.2) is 29.1 Å². The molecule has 3 N–H and O–H groups in total. The predicted molar refractivity (Wildman–Crippen MR) is 86.3 cm³/mol. The minimum atomic E-state index is -0.605. The van der Waals surface area contributed by atoms with Crippen molar-refractivity contribution in [3.8, 4) is 23.3 Å². The van der Waals surface area contributed by atoms with E-state index in [0.717, 1.165) is 12.0 Å². The van der Waals surface area contributed by atoms with E-state index in [4.69, 9.17) is 10.5 Å². The lowest BCUT2D eigenvalue weighted by Crippen LogP contribution is -2.16. The zero-order valence-corrected chi connectivity index (χ0v) is 12.7. The number of nitrogens with one attached hydrogen (secondary N) is 1. The molecule has 0 saturated carbocycles. The Morgan fingerprint density at radius 1 is 1.26 bits per heavy atom. The maximum absolute atomic E-state index is 11.9. The molecule has 0 aliphatic rings. The molecule has 0 radical (unpaired) electrons. The van der Waals surface area contributed by atoms with Crippen molar-refractivity contribution in [3.05, 3.63) is 51.3 Å². The summed E-state index contributed by atoms with van der Waals surface area (Å²) in [5, 5.41) is 18.6. The fraction of sp³-hybridized carbons (Fsp3) is 0.235.